The fourth-order valence-corrected chi connectivity index (χ4v) is 3.09. The Bertz CT molecular complexity index is 703. The Hall–Kier alpha value is -1.73. The van der Waals surface area contributed by atoms with Crippen molar-refractivity contribution in [3.05, 3.63) is 46.4 Å². The molecule has 1 aromatic carbocycles. The van der Waals surface area contributed by atoms with Crippen LogP contribution in [0.5, 0.6) is 0 Å². The van der Waals surface area contributed by atoms with Gasteiger partial charge in [-0.2, -0.15) is 5.10 Å². The van der Waals surface area contributed by atoms with Gasteiger partial charge in [-0.15, -0.1) is 0 Å². The van der Waals surface area contributed by atoms with Gasteiger partial charge in [-0.25, -0.2) is 4.39 Å². The number of amides is 1. The van der Waals surface area contributed by atoms with E-state index in [2.05, 4.69) is 31.7 Å². The molecule has 2 atom stereocenters. The number of anilines is 1. The topological polar surface area (TPSA) is 59.0 Å². The van der Waals surface area contributed by atoms with Crippen molar-refractivity contribution in [2.75, 3.05) is 18.4 Å². The average Bonchev–Trinajstić information content (AvgIpc) is 3.10. The van der Waals surface area contributed by atoms with Crippen LogP contribution in [0.3, 0.4) is 0 Å². The summed E-state index contributed by atoms with van der Waals surface area (Å²) in [5.74, 6) is -0.828. The van der Waals surface area contributed by atoms with Crippen molar-refractivity contribution in [1.82, 2.24) is 15.1 Å². The number of carbonyl (C=O) groups is 1. The number of hydrogen-bond donors (Lipinski definition) is 2. The van der Waals surface area contributed by atoms with Gasteiger partial charge in [0, 0.05) is 36.7 Å². The highest BCUT2D eigenvalue weighted by Gasteiger charge is 2.34. The number of rotatable bonds is 3. The zero-order valence-electron chi connectivity index (χ0n) is 12.0. The zero-order valence-corrected chi connectivity index (χ0v) is 13.6. The molecule has 3 rings (SSSR count). The molecular formula is C15H16BrFN4O. The molecule has 1 saturated heterocycles. The van der Waals surface area contributed by atoms with Crippen LogP contribution >= 0.6 is 15.9 Å². The quantitative estimate of drug-likeness (QED) is 0.875. The van der Waals surface area contributed by atoms with Crippen LogP contribution in [-0.4, -0.2) is 28.8 Å². The van der Waals surface area contributed by atoms with Gasteiger partial charge in [0.15, 0.2) is 0 Å². The summed E-state index contributed by atoms with van der Waals surface area (Å²) in [6, 6.07) is 4.59. The van der Waals surface area contributed by atoms with Crippen molar-refractivity contribution in [2.45, 2.75) is 5.92 Å². The van der Waals surface area contributed by atoms with E-state index in [0.29, 0.717) is 17.6 Å². The Labute approximate surface area is 136 Å². The summed E-state index contributed by atoms with van der Waals surface area (Å²) in [5.41, 5.74) is 1.22. The van der Waals surface area contributed by atoms with Crippen molar-refractivity contribution >= 4 is 27.5 Å². The first kappa shape index (κ1) is 15.2. The highest BCUT2D eigenvalue weighted by atomic mass is 79.9. The normalized spacial score (nSPS) is 21.0. The molecule has 22 heavy (non-hydrogen) atoms. The van der Waals surface area contributed by atoms with Crippen molar-refractivity contribution < 1.29 is 9.18 Å². The molecule has 2 aromatic rings. The van der Waals surface area contributed by atoms with E-state index in [1.54, 1.807) is 23.0 Å². The number of nitrogens with zero attached hydrogens (tertiary/aromatic N) is 2. The third-order valence-corrected chi connectivity index (χ3v) is 4.39. The van der Waals surface area contributed by atoms with Gasteiger partial charge in [0.25, 0.3) is 0 Å². The van der Waals surface area contributed by atoms with E-state index < -0.39 is 5.82 Å². The highest BCUT2D eigenvalue weighted by Crippen LogP contribution is 2.29. The third kappa shape index (κ3) is 3.05. The van der Waals surface area contributed by atoms with Gasteiger partial charge < -0.3 is 10.6 Å². The van der Waals surface area contributed by atoms with Gasteiger partial charge in [-0.1, -0.05) is 15.9 Å². The summed E-state index contributed by atoms with van der Waals surface area (Å²) in [4.78, 5) is 12.5. The number of aryl methyl sites for hydroxylation is 1. The maximum Gasteiger partial charge on any atom is 0.229 e. The number of carbonyl (C=O) groups excluding carboxylic acids is 1. The fourth-order valence-electron chi connectivity index (χ4n) is 2.75. The fraction of sp³-hybridized carbons (Fsp3) is 0.333. The molecule has 116 valence electrons. The molecule has 0 saturated carbocycles. The molecule has 7 heteroatoms. The smallest absolute Gasteiger partial charge is 0.229 e. The molecular weight excluding hydrogens is 351 g/mol. The van der Waals surface area contributed by atoms with Gasteiger partial charge >= 0.3 is 0 Å². The third-order valence-electron chi connectivity index (χ3n) is 3.89. The van der Waals surface area contributed by atoms with Gasteiger partial charge in [-0.3, -0.25) is 9.48 Å². The van der Waals surface area contributed by atoms with E-state index in [1.165, 1.54) is 6.07 Å². The second-order valence-electron chi connectivity index (χ2n) is 5.43. The van der Waals surface area contributed by atoms with E-state index in [-0.39, 0.29) is 23.4 Å². The molecule has 0 bridgehead atoms. The van der Waals surface area contributed by atoms with Crippen LogP contribution in [0.4, 0.5) is 10.1 Å². The van der Waals surface area contributed by atoms with E-state index in [0.717, 1.165) is 5.56 Å². The summed E-state index contributed by atoms with van der Waals surface area (Å²) in [6.07, 6.45) is 3.69. The zero-order chi connectivity index (χ0) is 15.7. The number of hydrogen-bond acceptors (Lipinski definition) is 3. The van der Waals surface area contributed by atoms with Gasteiger partial charge in [-0.05, 0) is 23.8 Å². The molecule has 1 aromatic heterocycles. The number of halogens is 2. The van der Waals surface area contributed by atoms with E-state index in [1.807, 2.05) is 13.2 Å². The van der Waals surface area contributed by atoms with Crippen molar-refractivity contribution in [2.24, 2.45) is 13.0 Å². The predicted molar refractivity (Wildman–Crippen MR) is 85.0 cm³/mol. The molecule has 1 amide bonds. The summed E-state index contributed by atoms with van der Waals surface area (Å²) in [6.45, 7) is 1.29. The van der Waals surface area contributed by atoms with Crippen LogP contribution in [0.2, 0.25) is 0 Å². The lowest BCUT2D eigenvalue weighted by Crippen LogP contribution is -2.28. The SMILES string of the molecule is Cn1cc([C@H]2CNC[C@@H]2C(=O)Nc2ccc(Br)cc2F)cn1. The number of aromatic nitrogens is 2. The maximum atomic E-state index is 13.8. The minimum absolute atomic E-state index is 0.0483. The number of benzene rings is 1. The van der Waals surface area contributed by atoms with Crippen LogP contribution in [0, 0.1) is 11.7 Å². The molecule has 2 heterocycles. The maximum absolute atomic E-state index is 13.8. The summed E-state index contributed by atoms with van der Waals surface area (Å²) >= 11 is 3.20. The van der Waals surface area contributed by atoms with Crippen LogP contribution in [-0.2, 0) is 11.8 Å². The lowest BCUT2D eigenvalue weighted by molar-refractivity contribution is -0.119. The van der Waals surface area contributed by atoms with Crippen LogP contribution < -0.4 is 10.6 Å². The minimum atomic E-state index is -0.452. The molecule has 0 aliphatic carbocycles. The highest BCUT2D eigenvalue weighted by molar-refractivity contribution is 9.10. The second kappa shape index (κ2) is 6.18. The Kier molecular flexibility index (Phi) is 4.26. The lowest BCUT2D eigenvalue weighted by atomic mass is 9.90. The Morgan fingerprint density at radius 3 is 3.00 bits per heavy atom. The standard InChI is InChI=1S/C15H16BrFN4O/c1-21-8-9(5-19-21)11-6-18-7-12(11)15(22)20-14-3-2-10(16)4-13(14)17/h2-5,8,11-12,18H,6-7H2,1H3,(H,20,22)/t11-,12+/m1/s1. The van der Waals surface area contributed by atoms with Gasteiger partial charge in [0.1, 0.15) is 5.82 Å². The van der Waals surface area contributed by atoms with Crippen LogP contribution in [0.15, 0.2) is 35.1 Å². The first-order chi connectivity index (χ1) is 10.5. The first-order valence-corrected chi connectivity index (χ1v) is 7.79. The minimum Gasteiger partial charge on any atom is -0.323 e. The largest absolute Gasteiger partial charge is 0.323 e. The van der Waals surface area contributed by atoms with Crippen LogP contribution in [0.25, 0.3) is 0 Å². The monoisotopic (exact) mass is 366 g/mol. The molecule has 1 aliphatic heterocycles. The van der Waals surface area contributed by atoms with Crippen molar-refractivity contribution in [1.29, 1.82) is 0 Å². The number of nitrogens with one attached hydrogen (secondary N) is 2. The molecule has 2 N–H and O–H groups in total. The van der Waals surface area contributed by atoms with E-state index in [9.17, 15) is 9.18 Å². The van der Waals surface area contributed by atoms with Crippen LogP contribution in [0.1, 0.15) is 11.5 Å². The van der Waals surface area contributed by atoms with E-state index >= 15 is 0 Å². The lowest BCUT2D eigenvalue weighted by Gasteiger charge is -2.17. The molecule has 0 radical (unpaired) electrons. The van der Waals surface area contributed by atoms with Crippen molar-refractivity contribution in [3.63, 3.8) is 0 Å². The summed E-state index contributed by atoms with van der Waals surface area (Å²) in [7, 11) is 1.85. The molecule has 5 nitrogen and oxygen atoms in total. The van der Waals surface area contributed by atoms with E-state index in [4.69, 9.17) is 0 Å². The Morgan fingerprint density at radius 1 is 1.50 bits per heavy atom. The molecule has 1 fully saturated rings. The molecule has 0 spiro atoms. The second-order valence-corrected chi connectivity index (χ2v) is 6.35. The average molecular weight is 367 g/mol. The van der Waals surface area contributed by atoms with Gasteiger partial charge in [0.2, 0.25) is 5.91 Å². The Balaban J connectivity index is 1.76. The van der Waals surface area contributed by atoms with Crippen molar-refractivity contribution in [3.8, 4) is 0 Å². The molecule has 0 unspecified atom stereocenters. The first-order valence-electron chi connectivity index (χ1n) is 7.00. The predicted octanol–water partition coefficient (Wildman–Crippen LogP) is 2.26. The van der Waals surface area contributed by atoms with Gasteiger partial charge in [0.05, 0.1) is 17.8 Å². The summed E-state index contributed by atoms with van der Waals surface area (Å²) < 4.78 is 16.2. The molecule has 1 aliphatic rings. The summed E-state index contributed by atoms with van der Waals surface area (Å²) in [5, 5.41) is 10.1. The Morgan fingerprint density at radius 2 is 2.32 bits per heavy atom.